The Hall–Kier alpha value is -2.90. The summed E-state index contributed by atoms with van der Waals surface area (Å²) in [6.45, 7) is 1.28. The van der Waals surface area contributed by atoms with Crippen molar-refractivity contribution >= 4 is 5.91 Å². The minimum absolute atomic E-state index is 0.0287. The van der Waals surface area contributed by atoms with Crippen molar-refractivity contribution < 1.29 is 9.53 Å². The molecule has 0 aliphatic carbocycles. The Morgan fingerprint density at radius 1 is 1.35 bits per heavy atom. The average molecular weight is 316 g/mol. The summed E-state index contributed by atoms with van der Waals surface area (Å²) in [4.78, 5) is 42.3. The fourth-order valence-corrected chi connectivity index (χ4v) is 2.32. The molecular weight excluding hydrogens is 300 g/mol. The molecule has 3 heterocycles. The molecule has 1 fully saturated rings. The SMILES string of the molecule is O=C(CCn1ccc(=O)[nH]c1=O)N1CC(Oc2cccnc2)C1. The Morgan fingerprint density at radius 3 is 2.87 bits per heavy atom. The molecule has 0 atom stereocenters. The third-order valence-corrected chi connectivity index (χ3v) is 3.60. The average Bonchev–Trinajstić information content (AvgIpc) is 2.50. The van der Waals surface area contributed by atoms with Crippen LogP contribution < -0.4 is 16.0 Å². The van der Waals surface area contributed by atoms with E-state index in [1.165, 1.54) is 16.8 Å². The van der Waals surface area contributed by atoms with Crippen LogP contribution in [-0.2, 0) is 11.3 Å². The third-order valence-electron chi connectivity index (χ3n) is 3.60. The van der Waals surface area contributed by atoms with Gasteiger partial charge in [-0.3, -0.25) is 19.6 Å². The Labute approximate surface area is 131 Å². The number of pyridine rings is 1. The maximum atomic E-state index is 12.0. The Morgan fingerprint density at radius 2 is 2.17 bits per heavy atom. The number of hydrogen-bond acceptors (Lipinski definition) is 5. The van der Waals surface area contributed by atoms with Gasteiger partial charge in [-0.1, -0.05) is 0 Å². The van der Waals surface area contributed by atoms with Gasteiger partial charge in [0.2, 0.25) is 5.91 Å². The zero-order valence-corrected chi connectivity index (χ0v) is 12.3. The van der Waals surface area contributed by atoms with E-state index >= 15 is 0 Å². The number of aryl methyl sites for hydroxylation is 1. The van der Waals surface area contributed by atoms with Crippen LogP contribution in [0.3, 0.4) is 0 Å². The van der Waals surface area contributed by atoms with Gasteiger partial charge in [0.05, 0.1) is 19.3 Å². The van der Waals surface area contributed by atoms with Gasteiger partial charge in [0, 0.05) is 31.4 Å². The van der Waals surface area contributed by atoms with Crippen molar-refractivity contribution in [1.29, 1.82) is 0 Å². The van der Waals surface area contributed by atoms with Gasteiger partial charge in [0.1, 0.15) is 11.9 Å². The standard InChI is InChI=1S/C15H16N4O4/c20-13-3-6-18(15(22)17-13)7-4-14(21)19-9-12(10-19)23-11-2-1-5-16-8-11/h1-3,5-6,8,12H,4,7,9-10H2,(H,17,20,22). The minimum Gasteiger partial charge on any atom is -0.485 e. The molecule has 3 rings (SSSR count). The van der Waals surface area contributed by atoms with Gasteiger partial charge in [-0.2, -0.15) is 0 Å². The van der Waals surface area contributed by atoms with E-state index in [2.05, 4.69) is 9.97 Å². The second-order valence-electron chi connectivity index (χ2n) is 5.28. The summed E-state index contributed by atoms with van der Waals surface area (Å²) in [6.07, 6.45) is 4.86. The summed E-state index contributed by atoms with van der Waals surface area (Å²) in [7, 11) is 0. The molecule has 2 aromatic heterocycles. The van der Waals surface area contributed by atoms with Crippen molar-refractivity contribution in [3.05, 3.63) is 57.6 Å². The Bertz CT molecular complexity index is 793. The van der Waals surface area contributed by atoms with E-state index in [1.807, 2.05) is 6.07 Å². The van der Waals surface area contributed by atoms with E-state index in [9.17, 15) is 14.4 Å². The number of rotatable bonds is 5. The number of amides is 1. The summed E-state index contributed by atoms with van der Waals surface area (Å²) >= 11 is 0. The molecule has 2 aromatic rings. The van der Waals surface area contributed by atoms with Crippen molar-refractivity contribution in [2.75, 3.05) is 13.1 Å². The monoisotopic (exact) mass is 316 g/mol. The predicted molar refractivity (Wildman–Crippen MR) is 81.2 cm³/mol. The molecule has 8 heteroatoms. The molecule has 8 nitrogen and oxygen atoms in total. The van der Waals surface area contributed by atoms with Crippen LogP contribution in [0.25, 0.3) is 0 Å². The number of likely N-dealkylation sites (tertiary alicyclic amines) is 1. The van der Waals surface area contributed by atoms with Crippen molar-refractivity contribution in [1.82, 2.24) is 19.4 Å². The zero-order valence-electron chi connectivity index (χ0n) is 12.3. The number of H-pyrrole nitrogens is 1. The Kier molecular flexibility index (Phi) is 4.22. The number of carbonyl (C=O) groups excluding carboxylic acids is 1. The first-order chi connectivity index (χ1) is 11.1. The molecule has 0 aromatic carbocycles. The van der Waals surface area contributed by atoms with E-state index in [0.717, 1.165) is 0 Å². The first-order valence-corrected chi connectivity index (χ1v) is 7.26. The van der Waals surface area contributed by atoms with Gasteiger partial charge < -0.3 is 14.2 Å². The first-order valence-electron chi connectivity index (χ1n) is 7.26. The van der Waals surface area contributed by atoms with E-state index in [0.29, 0.717) is 18.8 Å². The molecule has 120 valence electrons. The number of aromatic amines is 1. The first kappa shape index (κ1) is 15.0. The lowest BCUT2D eigenvalue weighted by atomic mass is 10.1. The van der Waals surface area contributed by atoms with E-state index in [4.69, 9.17) is 4.74 Å². The van der Waals surface area contributed by atoms with Crippen LogP contribution >= 0.6 is 0 Å². The topological polar surface area (TPSA) is 97.3 Å². The highest BCUT2D eigenvalue weighted by Crippen LogP contribution is 2.17. The van der Waals surface area contributed by atoms with Crippen LogP contribution in [0.4, 0.5) is 0 Å². The number of aromatic nitrogens is 3. The number of ether oxygens (including phenoxy) is 1. The summed E-state index contributed by atoms with van der Waals surface area (Å²) < 4.78 is 6.98. The quantitative estimate of drug-likeness (QED) is 0.810. The minimum atomic E-state index is -0.508. The van der Waals surface area contributed by atoms with Crippen molar-refractivity contribution in [3.8, 4) is 5.75 Å². The highest BCUT2D eigenvalue weighted by atomic mass is 16.5. The molecule has 1 N–H and O–H groups in total. The molecule has 0 bridgehead atoms. The van der Waals surface area contributed by atoms with Crippen LogP contribution in [0.1, 0.15) is 6.42 Å². The van der Waals surface area contributed by atoms with Gasteiger partial charge >= 0.3 is 5.69 Å². The molecule has 1 saturated heterocycles. The molecule has 1 amide bonds. The lowest BCUT2D eigenvalue weighted by Crippen LogP contribution is -2.56. The van der Waals surface area contributed by atoms with Crippen LogP contribution in [0.5, 0.6) is 5.75 Å². The second-order valence-corrected chi connectivity index (χ2v) is 5.28. The second kappa shape index (κ2) is 6.47. The van der Waals surface area contributed by atoms with E-state index < -0.39 is 11.2 Å². The van der Waals surface area contributed by atoms with Crippen LogP contribution in [0.2, 0.25) is 0 Å². The van der Waals surface area contributed by atoms with Crippen molar-refractivity contribution in [2.45, 2.75) is 19.1 Å². The molecular formula is C15H16N4O4. The van der Waals surface area contributed by atoms with Gasteiger partial charge in [0.25, 0.3) is 5.56 Å². The number of carbonyl (C=O) groups is 1. The fraction of sp³-hybridized carbons (Fsp3) is 0.333. The molecule has 0 radical (unpaired) electrons. The highest BCUT2D eigenvalue weighted by Gasteiger charge is 2.31. The van der Waals surface area contributed by atoms with Crippen molar-refractivity contribution in [2.24, 2.45) is 0 Å². The van der Waals surface area contributed by atoms with Crippen molar-refractivity contribution in [3.63, 3.8) is 0 Å². The largest absolute Gasteiger partial charge is 0.485 e. The summed E-state index contributed by atoms with van der Waals surface area (Å²) in [5.74, 6) is 0.638. The molecule has 1 aliphatic heterocycles. The van der Waals surface area contributed by atoms with Gasteiger partial charge in [0.15, 0.2) is 0 Å². The number of hydrogen-bond donors (Lipinski definition) is 1. The predicted octanol–water partition coefficient (Wildman–Crippen LogP) is -0.388. The third kappa shape index (κ3) is 3.65. The van der Waals surface area contributed by atoms with Gasteiger partial charge in [-0.05, 0) is 12.1 Å². The van der Waals surface area contributed by atoms with E-state index in [-0.39, 0.29) is 25.0 Å². The summed E-state index contributed by atoms with van der Waals surface area (Å²) in [5, 5.41) is 0. The smallest absolute Gasteiger partial charge is 0.328 e. The fourth-order valence-electron chi connectivity index (χ4n) is 2.32. The number of nitrogens with one attached hydrogen (secondary N) is 1. The lowest BCUT2D eigenvalue weighted by molar-refractivity contribution is -0.140. The molecule has 0 unspecified atom stereocenters. The van der Waals surface area contributed by atoms with Crippen LogP contribution in [0, 0.1) is 0 Å². The highest BCUT2D eigenvalue weighted by molar-refractivity contribution is 5.77. The number of nitrogens with zero attached hydrogens (tertiary/aromatic N) is 3. The van der Waals surface area contributed by atoms with Gasteiger partial charge in [-0.15, -0.1) is 0 Å². The molecule has 23 heavy (non-hydrogen) atoms. The maximum absolute atomic E-state index is 12.0. The van der Waals surface area contributed by atoms with Crippen LogP contribution in [0.15, 0.2) is 46.4 Å². The van der Waals surface area contributed by atoms with Gasteiger partial charge in [-0.25, -0.2) is 4.79 Å². The molecule has 0 spiro atoms. The summed E-state index contributed by atoms with van der Waals surface area (Å²) in [6, 6.07) is 4.87. The lowest BCUT2D eigenvalue weighted by Gasteiger charge is -2.39. The van der Waals surface area contributed by atoms with Crippen LogP contribution in [-0.4, -0.2) is 44.5 Å². The zero-order chi connectivity index (χ0) is 16.2. The molecule has 1 aliphatic rings. The summed E-state index contributed by atoms with van der Waals surface area (Å²) in [5.41, 5.74) is -0.956. The maximum Gasteiger partial charge on any atom is 0.328 e. The van der Waals surface area contributed by atoms with E-state index in [1.54, 1.807) is 23.4 Å². The Balaban J connectivity index is 1.46. The molecule has 0 saturated carbocycles. The normalized spacial score (nSPS) is 14.3.